The molecule has 0 spiro atoms. The van der Waals surface area contributed by atoms with Gasteiger partial charge < -0.3 is 15.1 Å². The number of fused-ring (bicyclic) bond motifs is 1. The van der Waals surface area contributed by atoms with Crippen molar-refractivity contribution >= 4 is 27.8 Å². The smallest absolute Gasteiger partial charge is 0.0422 e. The molecule has 200 valence electrons. The number of hydrogen-bond donors (Lipinski definition) is 1. The number of benzene rings is 4. The molecular formula is C35H45N3. The summed E-state index contributed by atoms with van der Waals surface area (Å²) >= 11 is 0. The maximum absolute atomic E-state index is 3.82. The summed E-state index contributed by atoms with van der Waals surface area (Å²) in [5.74, 6) is 0.147. The first kappa shape index (κ1) is 27.6. The van der Waals surface area contributed by atoms with Crippen LogP contribution >= 0.6 is 0 Å². The molecule has 0 radical (unpaired) electrons. The third kappa shape index (κ3) is 5.83. The van der Waals surface area contributed by atoms with Gasteiger partial charge in [0.2, 0.25) is 0 Å². The van der Waals surface area contributed by atoms with Gasteiger partial charge in [-0.3, -0.25) is 0 Å². The highest BCUT2D eigenvalue weighted by molar-refractivity contribution is 5.97. The Morgan fingerprint density at radius 2 is 1.16 bits per heavy atom. The molecule has 0 aliphatic rings. The molecule has 0 aliphatic carbocycles. The summed E-state index contributed by atoms with van der Waals surface area (Å²) in [5.41, 5.74) is 7.76. The summed E-state index contributed by atoms with van der Waals surface area (Å²) in [5, 5.41) is 6.43. The molecule has 4 aromatic rings. The van der Waals surface area contributed by atoms with Crippen LogP contribution in [0.5, 0.6) is 0 Å². The third-order valence-electron chi connectivity index (χ3n) is 8.11. The highest BCUT2D eigenvalue weighted by Gasteiger charge is 2.21. The molecule has 38 heavy (non-hydrogen) atoms. The Bertz CT molecular complexity index is 1290. The average Bonchev–Trinajstić information content (AvgIpc) is 2.98. The van der Waals surface area contributed by atoms with Crippen molar-refractivity contribution in [1.29, 1.82) is 0 Å². The maximum Gasteiger partial charge on any atom is 0.0422 e. The van der Waals surface area contributed by atoms with Gasteiger partial charge in [0.1, 0.15) is 0 Å². The highest BCUT2D eigenvalue weighted by Crippen LogP contribution is 2.39. The fourth-order valence-corrected chi connectivity index (χ4v) is 5.53. The van der Waals surface area contributed by atoms with Crippen LogP contribution in [0.2, 0.25) is 0 Å². The monoisotopic (exact) mass is 507 g/mol. The quantitative estimate of drug-likeness (QED) is 0.193. The summed E-state index contributed by atoms with van der Waals surface area (Å²) in [6.45, 7) is 14.2. The largest absolute Gasteiger partial charge is 0.382 e. The molecule has 0 aliphatic heterocycles. The van der Waals surface area contributed by atoms with E-state index in [-0.39, 0.29) is 5.92 Å². The molecule has 0 heterocycles. The molecule has 4 rings (SSSR count). The number of rotatable bonds is 12. The zero-order chi connectivity index (χ0) is 27.1. The van der Waals surface area contributed by atoms with Crippen LogP contribution in [0.1, 0.15) is 70.1 Å². The van der Waals surface area contributed by atoms with Crippen molar-refractivity contribution < 1.29 is 0 Å². The van der Waals surface area contributed by atoms with Crippen molar-refractivity contribution in [3.8, 4) is 0 Å². The van der Waals surface area contributed by atoms with Gasteiger partial charge in [0.15, 0.2) is 0 Å². The summed E-state index contributed by atoms with van der Waals surface area (Å²) in [6.07, 6.45) is 2.24. The highest BCUT2D eigenvalue weighted by atomic mass is 15.1. The van der Waals surface area contributed by atoms with Crippen molar-refractivity contribution in [3.05, 3.63) is 102 Å². The predicted molar refractivity (Wildman–Crippen MR) is 168 cm³/mol. The Labute approximate surface area is 230 Å². The van der Waals surface area contributed by atoms with Crippen molar-refractivity contribution in [2.24, 2.45) is 0 Å². The molecule has 0 saturated heterocycles. The molecule has 3 nitrogen and oxygen atoms in total. The Kier molecular flexibility index (Phi) is 9.33. The summed E-state index contributed by atoms with van der Waals surface area (Å²) < 4.78 is 0. The lowest BCUT2D eigenvalue weighted by molar-refractivity contribution is 0.672. The predicted octanol–water partition coefficient (Wildman–Crippen LogP) is 8.92. The van der Waals surface area contributed by atoms with Crippen LogP contribution < -0.4 is 15.1 Å². The van der Waals surface area contributed by atoms with Crippen LogP contribution in [-0.4, -0.2) is 32.7 Å². The van der Waals surface area contributed by atoms with E-state index < -0.39 is 0 Å². The Morgan fingerprint density at radius 1 is 0.605 bits per heavy atom. The molecule has 1 N–H and O–H groups in total. The van der Waals surface area contributed by atoms with E-state index in [2.05, 4.69) is 142 Å². The fraction of sp³-hybridized carbons (Fsp3) is 0.371. The van der Waals surface area contributed by atoms with Crippen molar-refractivity contribution in [3.63, 3.8) is 0 Å². The molecule has 0 saturated carbocycles. The minimum absolute atomic E-state index is 0.147. The van der Waals surface area contributed by atoms with E-state index in [4.69, 9.17) is 0 Å². The first-order valence-electron chi connectivity index (χ1n) is 14.5. The van der Waals surface area contributed by atoms with Crippen LogP contribution in [0.4, 0.5) is 17.1 Å². The van der Waals surface area contributed by atoms with Crippen LogP contribution in [0, 0.1) is 0 Å². The fourth-order valence-electron chi connectivity index (χ4n) is 5.53. The van der Waals surface area contributed by atoms with Crippen LogP contribution in [0.15, 0.2) is 84.9 Å². The lowest BCUT2D eigenvalue weighted by atomic mass is 9.82. The van der Waals surface area contributed by atoms with Gasteiger partial charge in [-0.1, -0.05) is 68.4 Å². The molecule has 1 atom stereocenters. The van der Waals surface area contributed by atoms with E-state index in [1.54, 1.807) is 0 Å². The van der Waals surface area contributed by atoms with E-state index in [0.717, 1.165) is 32.5 Å². The first-order chi connectivity index (χ1) is 18.5. The topological polar surface area (TPSA) is 18.5 Å². The van der Waals surface area contributed by atoms with Crippen molar-refractivity contribution in [2.75, 3.05) is 41.8 Å². The van der Waals surface area contributed by atoms with Crippen LogP contribution in [-0.2, 0) is 0 Å². The molecule has 0 amide bonds. The Morgan fingerprint density at radius 3 is 1.68 bits per heavy atom. The van der Waals surface area contributed by atoms with Crippen LogP contribution in [0.3, 0.4) is 0 Å². The Hall–Kier alpha value is -3.46. The Balaban J connectivity index is 1.86. The second-order valence-corrected chi connectivity index (χ2v) is 10.2. The minimum atomic E-state index is 0.147. The molecule has 0 fully saturated rings. The number of nitrogens with one attached hydrogen (secondary N) is 1. The minimum Gasteiger partial charge on any atom is -0.382 e. The SMILES string of the molecule is CCC(CC)Nc1ccc(C(c2ccc(N(C)CC)cc2)c2ccc(N(CC)CC)cc2)c2ccccc12. The van der Waals surface area contributed by atoms with Gasteiger partial charge in [-0.15, -0.1) is 0 Å². The molecule has 1 unspecified atom stereocenters. The number of hydrogen-bond acceptors (Lipinski definition) is 3. The van der Waals surface area contributed by atoms with Crippen molar-refractivity contribution in [1.82, 2.24) is 0 Å². The zero-order valence-corrected chi connectivity index (χ0v) is 24.2. The lowest BCUT2D eigenvalue weighted by Crippen LogP contribution is -2.21. The lowest BCUT2D eigenvalue weighted by Gasteiger charge is -2.26. The van der Waals surface area contributed by atoms with E-state index >= 15 is 0 Å². The van der Waals surface area contributed by atoms with Gasteiger partial charge in [-0.25, -0.2) is 0 Å². The second-order valence-electron chi connectivity index (χ2n) is 10.2. The summed E-state index contributed by atoms with van der Waals surface area (Å²) in [7, 11) is 2.15. The summed E-state index contributed by atoms with van der Waals surface area (Å²) in [4.78, 5) is 4.69. The molecule has 0 aromatic heterocycles. The summed E-state index contributed by atoms with van der Waals surface area (Å²) in [6, 6.07) is 32.4. The van der Waals surface area contributed by atoms with Gasteiger partial charge in [-0.2, -0.15) is 0 Å². The molecular weight excluding hydrogens is 462 g/mol. The zero-order valence-electron chi connectivity index (χ0n) is 24.2. The van der Waals surface area contributed by atoms with Gasteiger partial charge in [0.05, 0.1) is 0 Å². The van der Waals surface area contributed by atoms with Gasteiger partial charge in [0, 0.05) is 61.1 Å². The number of nitrogens with zero attached hydrogens (tertiary/aromatic N) is 2. The standard InChI is InChI=1S/C35H45N3/c1-7-28(8-2)36-34-25-24-33(31-14-12-13-15-32(31)34)35(26-16-20-29(21-17-26)37(6)9-3)27-18-22-30(23-19-27)38(10-4)11-5/h12-25,28,35-36H,7-11H2,1-6H3. The second kappa shape index (κ2) is 12.9. The first-order valence-corrected chi connectivity index (χ1v) is 14.5. The average molecular weight is 508 g/mol. The van der Waals surface area contributed by atoms with Gasteiger partial charge >= 0.3 is 0 Å². The van der Waals surface area contributed by atoms with Crippen LogP contribution in [0.25, 0.3) is 10.8 Å². The molecule has 0 bridgehead atoms. The van der Waals surface area contributed by atoms with E-state index in [0.29, 0.717) is 6.04 Å². The molecule has 4 aromatic carbocycles. The number of anilines is 3. The van der Waals surface area contributed by atoms with E-state index in [1.807, 2.05) is 0 Å². The molecule has 3 heteroatoms. The van der Waals surface area contributed by atoms with Gasteiger partial charge in [0.25, 0.3) is 0 Å². The van der Waals surface area contributed by atoms with Crippen molar-refractivity contribution in [2.45, 2.75) is 59.4 Å². The normalized spacial score (nSPS) is 12.1. The van der Waals surface area contributed by atoms with E-state index in [1.165, 1.54) is 44.5 Å². The maximum atomic E-state index is 3.82. The van der Waals surface area contributed by atoms with Gasteiger partial charge in [-0.05, 0) is 86.0 Å². The van der Waals surface area contributed by atoms with E-state index in [9.17, 15) is 0 Å². The third-order valence-corrected chi connectivity index (χ3v) is 8.11.